The highest BCUT2D eigenvalue weighted by Crippen LogP contribution is 2.34. The molecule has 1 aliphatic rings. The average Bonchev–Trinajstić information content (AvgIpc) is 2.82. The van der Waals surface area contributed by atoms with E-state index in [1.54, 1.807) is 12.1 Å². The van der Waals surface area contributed by atoms with Gasteiger partial charge >= 0.3 is 0 Å². The lowest BCUT2D eigenvalue weighted by atomic mass is 10.0. The lowest BCUT2D eigenvalue weighted by molar-refractivity contribution is 0.0746. The number of nitrogens with zero attached hydrogens (tertiary/aromatic N) is 2. The minimum atomic E-state index is -1.63. The molecule has 3 nitrogen and oxygen atoms in total. The van der Waals surface area contributed by atoms with Crippen LogP contribution in [0.5, 0.6) is 0 Å². The van der Waals surface area contributed by atoms with Crippen LogP contribution >= 0.6 is 11.6 Å². The van der Waals surface area contributed by atoms with Gasteiger partial charge in [-0.05, 0) is 23.3 Å². The van der Waals surface area contributed by atoms with Gasteiger partial charge in [0.05, 0.1) is 0 Å². The lowest BCUT2D eigenvalue weighted by Crippen LogP contribution is -2.49. The predicted molar refractivity (Wildman–Crippen MR) is 111 cm³/mol. The van der Waals surface area contributed by atoms with Crippen molar-refractivity contribution in [1.29, 1.82) is 0 Å². The van der Waals surface area contributed by atoms with Crippen molar-refractivity contribution < 1.29 is 22.4 Å². The largest absolute Gasteiger partial charge is 0.363 e. The third kappa shape index (κ3) is 3.97. The van der Waals surface area contributed by atoms with Crippen molar-refractivity contribution in [1.82, 2.24) is 4.90 Å². The minimum absolute atomic E-state index is 0.0161. The van der Waals surface area contributed by atoms with Gasteiger partial charge in [-0.3, -0.25) is 4.79 Å². The maximum atomic E-state index is 14.2. The zero-order chi connectivity index (χ0) is 22.1. The van der Waals surface area contributed by atoms with Crippen LogP contribution in [0.3, 0.4) is 0 Å². The van der Waals surface area contributed by atoms with Gasteiger partial charge in [-0.25, -0.2) is 17.6 Å². The van der Waals surface area contributed by atoms with Gasteiger partial charge in [0.15, 0.2) is 23.3 Å². The van der Waals surface area contributed by atoms with Gasteiger partial charge in [0.2, 0.25) is 0 Å². The molecular formula is C23H17ClF4N2O. The number of anilines is 1. The molecule has 160 valence electrons. The molecule has 0 saturated carbocycles. The molecule has 3 aromatic carbocycles. The Bertz CT molecular complexity index is 1090. The van der Waals surface area contributed by atoms with Crippen LogP contribution in [0.15, 0.2) is 54.6 Å². The molecule has 1 saturated heterocycles. The van der Waals surface area contributed by atoms with E-state index in [9.17, 15) is 22.4 Å². The van der Waals surface area contributed by atoms with Gasteiger partial charge in [-0.15, -0.1) is 0 Å². The third-order valence-electron chi connectivity index (χ3n) is 5.31. The molecule has 1 heterocycles. The summed E-state index contributed by atoms with van der Waals surface area (Å²) in [4.78, 5) is 15.5. The first kappa shape index (κ1) is 21.2. The van der Waals surface area contributed by atoms with Gasteiger partial charge in [0, 0.05) is 31.7 Å². The zero-order valence-corrected chi connectivity index (χ0v) is 17.0. The molecule has 0 aliphatic carbocycles. The van der Waals surface area contributed by atoms with Crippen LogP contribution in [0, 0.1) is 23.3 Å². The second kappa shape index (κ2) is 8.59. The molecule has 8 heteroatoms. The normalized spacial score (nSPS) is 14.1. The van der Waals surface area contributed by atoms with Gasteiger partial charge in [-0.1, -0.05) is 54.1 Å². The fourth-order valence-electron chi connectivity index (χ4n) is 3.62. The molecular weight excluding hydrogens is 432 g/mol. The Balaban J connectivity index is 1.46. The summed E-state index contributed by atoms with van der Waals surface area (Å²) in [5, 5.41) is -1.22. The van der Waals surface area contributed by atoms with Gasteiger partial charge < -0.3 is 9.80 Å². The SMILES string of the molecule is O=C(c1ccc(-c2ccccc2)cc1)N1CCN(c2c(F)c(F)c(Cl)c(F)c2F)CC1. The van der Waals surface area contributed by atoms with E-state index in [1.165, 1.54) is 9.80 Å². The molecule has 1 aliphatic heterocycles. The van der Waals surface area contributed by atoms with Crippen LogP contribution < -0.4 is 4.90 Å². The Kier molecular flexibility index (Phi) is 5.87. The number of carbonyl (C=O) groups is 1. The molecule has 0 atom stereocenters. The minimum Gasteiger partial charge on any atom is -0.363 e. The van der Waals surface area contributed by atoms with Gasteiger partial charge in [0.1, 0.15) is 10.7 Å². The van der Waals surface area contributed by atoms with Gasteiger partial charge in [-0.2, -0.15) is 0 Å². The summed E-state index contributed by atoms with van der Waals surface area (Å²) in [5.74, 6) is -6.57. The smallest absolute Gasteiger partial charge is 0.253 e. The average molecular weight is 449 g/mol. The van der Waals surface area contributed by atoms with Crippen molar-refractivity contribution in [2.24, 2.45) is 0 Å². The van der Waals surface area contributed by atoms with E-state index in [0.29, 0.717) is 5.56 Å². The van der Waals surface area contributed by atoms with Crippen molar-refractivity contribution in [3.63, 3.8) is 0 Å². The summed E-state index contributed by atoms with van der Waals surface area (Å²) in [6.07, 6.45) is 0. The Morgan fingerprint density at radius 2 is 1.23 bits per heavy atom. The second-order valence-corrected chi connectivity index (χ2v) is 7.52. The standard InChI is InChI=1S/C23H17ClF4N2O/c24-17-18(25)20(27)22(21(28)19(17)26)29-10-12-30(13-11-29)23(31)16-8-6-15(7-9-16)14-4-2-1-3-5-14/h1-9H,10-13H2. The van der Waals surface area contributed by atoms with Crippen LogP contribution in [-0.4, -0.2) is 37.0 Å². The highest BCUT2D eigenvalue weighted by Gasteiger charge is 2.31. The van der Waals surface area contributed by atoms with E-state index in [2.05, 4.69) is 0 Å². The number of hydrogen-bond acceptors (Lipinski definition) is 2. The summed E-state index contributed by atoms with van der Waals surface area (Å²) in [7, 11) is 0. The Morgan fingerprint density at radius 1 is 0.710 bits per heavy atom. The van der Waals surface area contributed by atoms with Crippen molar-refractivity contribution in [3.05, 3.63) is 88.5 Å². The van der Waals surface area contributed by atoms with Crippen molar-refractivity contribution in [2.75, 3.05) is 31.1 Å². The van der Waals surface area contributed by atoms with Crippen molar-refractivity contribution in [3.8, 4) is 11.1 Å². The number of rotatable bonds is 3. The molecule has 31 heavy (non-hydrogen) atoms. The van der Waals surface area contributed by atoms with Gasteiger partial charge in [0.25, 0.3) is 5.91 Å². The Hall–Kier alpha value is -3.06. The number of amides is 1. The van der Waals surface area contributed by atoms with E-state index in [-0.39, 0.29) is 32.1 Å². The fraction of sp³-hybridized carbons (Fsp3) is 0.174. The molecule has 1 amide bonds. The Morgan fingerprint density at radius 3 is 1.77 bits per heavy atom. The van der Waals surface area contributed by atoms with E-state index < -0.39 is 34.0 Å². The first-order valence-corrected chi connectivity index (χ1v) is 9.97. The quantitative estimate of drug-likeness (QED) is 0.299. The van der Waals surface area contributed by atoms with Crippen LogP contribution in [-0.2, 0) is 0 Å². The molecule has 0 aromatic heterocycles. The first-order valence-electron chi connectivity index (χ1n) is 9.59. The summed E-state index contributed by atoms with van der Waals surface area (Å²) in [5.41, 5.74) is 1.68. The second-order valence-electron chi connectivity index (χ2n) is 7.14. The molecule has 0 spiro atoms. The number of halogens is 5. The molecule has 3 aromatic rings. The summed E-state index contributed by atoms with van der Waals surface area (Å²) < 4.78 is 55.9. The first-order chi connectivity index (χ1) is 14.9. The third-order valence-corrected chi connectivity index (χ3v) is 5.64. The van der Waals surface area contributed by atoms with Crippen LogP contribution in [0.25, 0.3) is 11.1 Å². The summed E-state index contributed by atoms with van der Waals surface area (Å²) >= 11 is 5.28. The van der Waals surface area contributed by atoms with Crippen LogP contribution in [0.1, 0.15) is 10.4 Å². The molecule has 0 unspecified atom stereocenters. The van der Waals surface area contributed by atoms with E-state index in [1.807, 2.05) is 42.5 Å². The number of piperazine rings is 1. The molecule has 0 radical (unpaired) electrons. The maximum absolute atomic E-state index is 14.2. The number of carbonyl (C=O) groups excluding carboxylic acids is 1. The summed E-state index contributed by atoms with van der Waals surface area (Å²) in [6.45, 7) is 0.318. The molecule has 0 N–H and O–H groups in total. The predicted octanol–water partition coefficient (Wildman–Crippen LogP) is 5.53. The Labute approximate surface area is 181 Å². The van der Waals surface area contributed by atoms with Crippen LogP contribution in [0.4, 0.5) is 23.2 Å². The van der Waals surface area contributed by atoms with E-state index in [4.69, 9.17) is 11.6 Å². The monoisotopic (exact) mass is 448 g/mol. The maximum Gasteiger partial charge on any atom is 0.253 e. The highest BCUT2D eigenvalue weighted by molar-refractivity contribution is 6.31. The van der Waals surface area contributed by atoms with Crippen molar-refractivity contribution >= 4 is 23.2 Å². The lowest BCUT2D eigenvalue weighted by Gasteiger charge is -2.36. The molecule has 0 bridgehead atoms. The fourth-order valence-corrected chi connectivity index (χ4v) is 3.79. The molecule has 4 rings (SSSR count). The number of hydrogen-bond donors (Lipinski definition) is 0. The van der Waals surface area contributed by atoms with Crippen LogP contribution in [0.2, 0.25) is 5.02 Å². The van der Waals surface area contributed by atoms with E-state index >= 15 is 0 Å². The van der Waals surface area contributed by atoms with Crippen molar-refractivity contribution in [2.45, 2.75) is 0 Å². The zero-order valence-electron chi connectivity index (χ0n) is 16.2. The topological polar surface area (TPSA) is 23.6 Å². The summed E-state index contributed by atoms with van der Waals surface area (Å²) in [6, 6.07) is 16.9. The highest BCUT2D eigenvalue weighted by atomic mass is 35.5. The molecule has 1 fully saturated rings. The van der Waals surface area contributed by atoms with E-state index in [0.717, 1.165) is 11.1 Å². The number of benzene rings is 3.